The fourth-order valence-electron chi connectivity index (χ4n) is 0.651. The van der Waals surface area contributed by atoms with E-state index in [9.17, 15) is 8.42 Å². The molecule has 0 aromatic rings. The molecule has 0 aliphatic carbocycles. The molecular weight excluding hydrogens is 206 g/mol. The SMILES string of the molecule is CC(C)S(=O)(=O)NC(C)(C)/C(N)=N/O. The van der Waals surface area contributed by atoms with Crippen LogP contribution in [0.2, 0.25) is 0 Å². The predicted octanol–water partition coefficient (Wildman–Crippen LogP) is -0.161. The van der Waals surface area contributed by atoms with Crippen LogP contribution < -0.4 is 10.5 Å². The van der Waals surface area contributed by atoms with Gasteiger partial charge in [0, 0.05) is 0 Å². The summed E-state index contributed by atoms with van der Waals surface area (Å²) in [5.74, 6) is -0.179. The average Bonchev–Trinajstić information content (AvgIpc) is 2.00. The second-order valence-corrected chi connectivity index (χ2v) is 6.04. The van der Waals surface area contributed by atoms with Crippen molar-refractivity contribution >= 4 is 15.9 Å². The van der Waals surface area contributed by atoms with Gasteiger partial charge in [0.2, 0.25) is 10.0 Å². The van der Waals surface area contributed by atoms with Crippen LogP contribution >= 0.6 is 0 Å². The van der Waals surface area contributed by atoms with Gasteiger partial charge in [0.25, 0.3) is 0 Å². The Balaban J connectivity index is 4.86. The number of nitrogens with one attached hydrogen (secondary N) is 1. The van der Waals surface area contributed by atoms with Crippen LogP contribution in [0.25, 0.3) is 0 Å². The van der Waals surface area contributed by atoms with Gasteiger partial charge in [0.05, 0.1) is 10.8 Å². The summed E-state index contributed by atoms with van der Waals surface area (Å²) < 4.78 is 25.3. The van der Waals surface area contributed by atoms with Gasteiger partial charge in [-0.3, -0.25) is 0 Å². The molecule has 6 nitrogen and oxygen atoms in total. The van der Waals surface area contributed by atoms with Gasteiger partial charge in [-0.1, -0.05) is 5.16 Å². The number of sulfonamides is 1. The van der Waals surface area contributed by atoms with Crippen LogP contribution in [-0.2, 0) is 10.0 Å². The number of rotatable bonds is 4. The first-order valence-electron chi connectivity index (χ1n) is 4.14. The molecule has 0 saturated carbocycles. The third-order valence-electron chi connectivity index (χ3n) is 1.77. The fraction of sp³-hybridized carbons (Fsp3) is 0.857. The quantitative estimate of drug-likeness (QED) is 0.266. The lowest BCUT2D eigenvalue weighted by atomic mass is 10.1. The first-order chi connectivity index (χ1) is 6.13. The summed E-state index contributed by atoms with van der Waals surface area (Å²) >= 11 is 0. The molecule has 4 N–H and O–H groups in total. The molecule has 7 heteroatoms. The highest BCUT2D eigenvalue weighted by Crippen LogP contribution is 2.07. The summed E-state index contributed by atoms with van der Waals surface area (Å²) in [4.78, 5) is 0. The first-order valence-corrected chi connectivity index (χ1v) is 5.69. The van der Waals surface area contributed by atoms with Crippen molar-refractivity contribution in [2.45, 2.75) is 38.5 Å². The van der Waals surface area contributed by atoms with E-state index in [2.05, 4.69) is 9.88 Å². The highest BCUT2D eigenvalue weighted by Gasteiger charge is 2.30. The Labute approximate surface area is 84.2 Å². The topological polar surface area (TPSA) is 105 Å². The Bertz CT molecular complexity index is 319. The smallest absolute Gasteiger partial charge is 0.214 e. The van der Waals surface area contributed by atoms with Crippen LogP contribution in [0.15, 0.2) is 5.16 Å². The van der Waals surface area contributed by atoms with Crippen molar-refractivity contribution < 1.29 is 13.6 Å². The molecule has 0 amide bonds. The van der Waals surface area contributed by atoms with Crippen LogP contribution in [0.3, 0.4) is 0 Å². The number of nitrogens with zero attached hydrogens (tertiary/aromatic N) is 1. The van der Waals surface area contributed by atoms with Crippen molar-refractivity contribution in [2.24, 2.45) is 10.9 Å². The molecule has 0 aromatic carbocycles. The Hall–Kier alpha value is -0.820. The highest BCUT2D eigenvalue weighted by atomic mass is 32.2. The van der Waals surface area contributed by atoms with Gasteiger partial charge in [0.15, 0.2) is 5.84 Å². The molecule has 0 saturated heterocycles. The zero-order chi connectivity index (χ0) is 11.6. The number of oxime groups is 1. The maximum absolute atomic E-state index is 11.5. The minimum atomic E-state index is -3.43. The Kier molecular flexibility index (Phi) is 3.90. The van der Waals surface area contributed by atoms with E-state index < -0.39 is 20.8 Å². The number of nitrogens with two attached hydrogens (primary N) is 1. The Morgan fingerprint density at radius 3 is 2.21 bits per heavy atom. The van der Waals surface area contributed by atoms with Crippen molar-refractivity contribution in [3.63, 3.8) is 0 Å². The van der Waals surface area contributed by atoms with E-state index in [0.29, 0.717) is 0 Å². The molecule has 0 aliphatic rings. The Morgan fingerprint density at radius 2 is 1.93 bits per heavy atom. The van der Waals surface area contributed by atoms with Crippen molar-refractivity contribution in [2.75, 3.05) is 0 Å². The van der Waals surface area contributed by atoms with Gasteiger partial charge in [-0.25, -0.2) is 13.1 Å². The van der Waals surface area contributed by atoms with Crippen LogP contribution in [0, 0.1) is 0 Å². The Morgan fingerprint density at radius 1 is 1.50 bits per heavy atom. The normalized spacial score (nSPS) is 14.8. The average molecular weight is 223 g/mol. The summed E-state index contributed by atoms with van der Waals surface area (Å²) in [6.45, 7) is 6.12. The molecule has 0 radical (unpaired) electrons. The van der Waals surface area contributed by atoms with Crippen molar-refractivity contribution in [1.82, 2.24) is 4.72 Å². The second-order valence-electron chi connectivity index (χ2n) is 3.81. The summed E-state index contributed by atoms with van der Waals surface area (Å²) in [5, 5.41) is 10.6. The number of hydrogen-bond donors (Lipinski definition) is 3. The second kappa shape index (κ2) is 4.14. The molecule has 0 rings (SSSR count). The van der Waals surface area contributed by atoms with Crippen LogP contribution in [0.5, 0.6) is 0 Å². The van der Waals surface area contributed by atoms with Gasteiger partial charge >= 0.3 is 0 Å². The summed E-state index contributed by atoms with van der Waals surface area (Å²) in [7, 11) is -3.43. The third kappa shape index (κ3) is 3.15. The van der Waals surface area contributed by atoms with E-state index in [-0.39, 0.29) is 5.84 Å². The van der Waals surface area contributed by atoms with Gasteiger partial charge in [-0.15, -0.1) is 0 Å². The molecule has 0 atom stereocenters. The molecule has 0 aromatic heterocycles. The summed E-state index contributed by atoms with van der Waals surface area (Å²) in [6.07, 6.45) is 0. The zero-order valence-corrected chi connectivity index (χ0v) is 9.59. The molecule has 0 heterocycles. The number of hydrogen-bond acceptors (Lipinski definition) is 4. The summed E-state index contributed by atoms with van der Waals surface area (Å²) in [5.41, 5.74) is 4.25. The molecule has 0 bridgehead atoms. The maximum atomic E-state index is 11.5. The van der Waals surface area contributed by atoms with E-state index in [0.717, 1.165) is 0 Å². The largest absolute Gasteiger partial charge is 0.409 e. The fourth-order valence-corrected chi connectivity index (χ4v) is 1.70. The van der Waals surface area contributed by atoms with Crippen molar-refractivity contribution in [3.8, 4) is 0 Å². The van der Waals surface area contributed by atoms with Gasteiger partial charge in [-0.2, -0.15) is 0 Å². The van der Waals surface area contributed by atoms with E-state index in [4.69, 9.17) is 10.9 Å². The molecule has 0 fully saturated rings. The van der Waals surface area contributed by atoms with E-state index in [1.54, 1.807) is 13.8 Å². The van der Waals surface area contributed by atoms with Gasteiger partial charge in [0.1, 0.15) is 0 Å². The predicted molar refractivity (Wildman–Crippen MR) is 54.7 cm³/mol. The standard InChI is InChI=1S/C7H17N3O3S/c1-5(2)14(12,13)10-7(3,4)6(8)9-11/h5,10-11H,1-4H3,(H2,8,9). The van der Waals surface area contributed by atoms with E-state index in [1.807, 2.05) is 0 Å². The molecule has 0 aliphatic heterocycles. The minimum Gasteiger partial charge on any atom is -0.409 e. The van der Waals surface area contributed by atoms with E-state index in [1.165, 1.54) is 13.8 Å². The first kappa shape index (κ1) is 13.2. The molecule has 84 valence electrons. The monoisotopic (exact) mass is 223 g/mol. The molecule has 0 spiro atoms. The lowest BCUT2D eigenvalue weighted by Gasteiger charge is -2.25. The maximum Gasteiger partial charge on any atom is 0.214 e. The van der Waals surface area contributed by atoms with Gasteiger partial charge in [-0.05, 0) is 27.7 Å². The van der Waals surface area contributed by atoms with Crippen LogP contribution in [-0.4, -0.2) is 30.2 Å². The molecule has 14 heavy (non-hydrogen) atoms. The minimum absolute atomic E-state index is 0.179. The zero-order valence-electron chi connectivity index (χ0n) is 8.77. The van der Waals surface area contributed by atoms with Crippen molar-refractivity contribution in [1.29, 1.82) is 0 Å². The van der Waals surface area contributed by atoms with Crippen molar-refractivity contribution in [3.05, 3.63) is 0 Å². The lowest BCUT2D eigenvalue weighted by Crippen LogP contribution is -2.54. The van der Waals surface area contributed by atoms with E-state index >= 15 is 0 Å². The molecular formula is C7H17N3O3S. The lowest BCUT2D eigenvalue weighted by molar-refractivity contribution is 0.312. The van der Waals surface area contributed by atoms with Crippen LogP contribution in [0.1, 0.15) is 27.7 Å². The highest BCUT2D eigenvalue weighted by molar-refractivity contribution is 7.90. The number of amidine groups is 1. The summed E-state index contributed by atoms with van der Waals surface area (Å²) in [6, 6.07) is 0. The van der Waals surface area contributed by atoms with Crippen LogP contribution in [0.4, 0.5) is 0 Å². The van der Waals surface area contributed by atoms with Gasteiger partial charge < -0.3 is 10.9 Å². The third-order valence-corrected chi connectivity index (χ3v) is 3.80. The molecule has 0 unspecified atom stereocenters.